The van der Waals surface area contributed by atoms with E-state index in [0.717, 1.165) is 55.1 Å². The highest BCUT2D eigenvalue weighted by atomic mass is 35.5. The molecule has 1 unspecified atom stereocenters. The molecule has 10 heteroatoms. The van der Waals surface area contributed by atoms with Crippen molar-refractivity contribution in [2.75, 3.05) is 36.5 Å². The Balaban J connectivity index is 0.000000815. The first-order valence-corrected chi connectivity index (χ1v) is 13.0. The Morgan fingerprint density at radius 3 is 2.54 bits per heavy atom. The molecule has 2 N–H and O–H groups in total. The minimum absolute atomic E-state index is 0.0938. The smallest absolute Gasteiger partial charge is 0.256 e. The van der Waals surface area contributed by atoms with Gasteiger partial charge in [-0.2, -0.15) is 17.7 Å². The number of halogens is 1. The van der Waals surface area contributed by atoms with Crippen LogP contribution in [0.15, 0.2) is 30.5 Å². The van der Waals surface area contributed by atoms with Crippen molar-refractivity contribution in [1.29, 1.82) is 5.26 Å². The monoisotopic (exact) mass is 513 g/mol. The van der Waals surface area contributed by atoms with Gasteiger partial charge in [-0.05, 0) is 63.5 Å². The zero-order valence-electron chi connectivity index (χ0n) is 20.2. The average Bonchev–Trinajstić information content (AvgIpc) is 3.57. The number of rotatable bonds is 3. The van der Waals surface area contributed by atoms with Gasteiger partial charge < -0.3 is 15.5 Å². The van der Waals surface area contributed by atoms with Gasteiger partial charge >= 0.3 is 0 Å². The molecule has 0 spiro atoms. The molecule has 4 heterocycles. The summed E-state index contributed by atoms with van der Waals surface area (Å²) in [7, 11) is 0. The van der Waals surface area contributed by atoms with E-state index in [1.165, 1.54) is 12.8 Å². The Morgan fingerprint density at radius 2 is 1.83 bits per heavy atom. The number of aromatic nitrogens is 3. The highest BCUT2D eigenvalue weighted by Crippen LogP contribution is 2.34. The number of likely N-dealkylation sites (tertiary alicyclic amines) is 1. The van der Waals surface area contributed by atoms with Crippen LogP contribution in [0.3, 0.4) is 0 Å². The number of nitrogens with two attached hydrogens (primary N) is 1. The topological polar surface area (TPSA) is 104 Å². The van der Waals surface area contributed by atoms with E-state index in [1.54, 1.807) is 24.5 Å². The van der Waals surface area contributed by atoms with Crippen LogP contribution in [0.5, 0.6) is 0 Å². The summed E-state index contributed by atoms with van der Waals surface area (Å²) in [4.78, 5) is 22.5. The van der Waals surface area contributed by atoms with Crippen LogP contribution in [0.4, 0.5) is 11.5 Å². The number of hydrogen-bond donors (Lipinski definition) is 2. The van der Waals surface area contributed by atoms with Crippen molar-refractivity contribution in [2.45, 2.75) is 45.1 Å². The number of hydrogen-bond acceptors (Lipinski definition) is 7. The molecule has 2 aliphatic heterocycles. The first-order valence-electron chi connectivity index (χ1n) is 11.7. The number of carbonyl (C=O) groups excluding carboxylic acids is 1. The minimum atomic E-state index is -0.100. The maximum Gasteiger partial charge on any atom is 0.256 e. The molecule has 1 atom stereocenters. The number of amides is 1. The van der Waals surface area contributed by atoms with Gasteiger partial charge in [-0.3, -0.25) is 4.79 Å². The Hall–Kier alpha value is -2.96. The van der Waals surface area contributed by atoms with Crippen LogP contribution in [0, 0.1) is 18.8 Å². The Morgan fingerprint density at radius 1 is 1.14 bits per heavy atom. The Kier molecular flexibility index (Phi) is 9.24. The molecular weight excluding hydrogens is 482 g/mol. The molecule has 35 heavy (non-hydrogen) atoms. The summed E-state index contributed by atoms with van der Waals surface area (Å²) in [6.45, 7) is 8.36. The zero-order chi connectivity index (χ0) is 25.5. The predicted octanol–water partition coefficient (Wildman–Crippen LogP) is 4.93. The molecule has 2 aliphatic rings. The molecule has 1 amide bonds. The highest BCUT2D eigenvalue weighted by molar-refractivity contribution is 7.79. The van der Waals surface area contributed by atoms with Gasteiger partial charge in [0.1, 0.15) is 5.82 Å². The molecule has 0 bridgehead atoms. The standard InChI is InChI=1S/C23H27ClN6O.CHN.CH4S/c1-15-14-30-21(26-22(15)28-9-4-5-10-28)13-19(27-30)20-6-2-3-11-29(20)23(31)17-12-16(24)7-8-18(17)25;2*1-2/h7-8,12-14,20H,2-6,9-11,25H2,1H3;1H;2H,1H3. The molecule has 1 aromatic carbocycles. The van der Waals surface area contributed by atoms with Gasteiger partial charge in [0.05, 0.1) is 17.3 Å². The molecule has 186 valence electrons. The summed E-state index contributed by atoms with van der Waals surface area (Å²) in [5.41, 5.74) is 9.81. The third kappa shape index (κ3) is 5.65. The lowest BCUT2D eigenvalue weighted by Crippen LogP contribution is -2.39. The fourth-order valence-electron chi connectivity index (χ4n) is 4.78. The van der Waals surface area contributed by atoms with Crippen LogP contribution in [-0.2, 0) is 0 Å². The lowest BCUT2D eigenvalue weighted by molar-refractivity contribution is 0.0607. The van der Waals surface area contributed by atoms with Gasteiger partial charge in [-0.25, -0.2) is 14.8 Å². The van der Waals surface area contributed by atoms with Crippen molar-refractivity contribution in [3.63, 3.8) is 0 Å². The maximum atomic E-state index is 13.4. The van der Waals surface area contributed by atoms with E-state index in [9.17, 15) is 4.79 Å². The van der Waals surface area contributed by atoms with Crippen molar-refractivity contribution < 1.29 is 4.79 Å². The third-order valence-electron chi connectivity index (χ3n) is 6.38. The van der Waals surface area contributed by atoms with Gasteiger partial charge in [-0.1, -0.05) is 11.6 Å². The van der Waals surface area contributed by atoms with Crippen molar-refractivity contribution in [1.82, 2.24) is 19.5 Å². The summed E-state index contributed by atoms with van der Waals surface area (Å²) >= 11 is 9.66. The van der Waals surface area contributed by atoms with Gasteiger partial charge in [-0.15, -0.1) is 0 Å². The lowest BCUT2D eigenvalue weighted by Gasteiger charge is -2.35. The average molecular weight is 514 g/mol. The first-order chi connectivity index (χ1) is 17.0. The molecule has 0 radical (unpaired) electrons. The number of aryl methyl sites for hydroxylation is 1. The molecule has 3 aromatic rings. The molecule has 2 aromatic heterocycles. The Bertz CT molecular complexity index is 1190. The zero-order valence-corrected chi connectivity index (χ0v) is 21.8. The van der Waals surface area contributed by atoms with E-state index in [0.29, 0.717) is 22.8 Å². The van der Waals surface area contributed by atoms with Crippen LogP contribution in [-0.4, -0.2) is 51.3 Å². The molecule has 0 saturated carbocycles. The SMILES string of the molecule is C#N.CS.Cc1cn2nc(C3CCCCN3C(=O)c3cc(Cl)ccc3N)cc2nc1N1CCCC1. The summed E-state index contributed by atoms with van der Waals surface area (Å²) in [5.74, 6) is 0.948. The van der Waals surface area contributed by atoms with Crippen LogP contribution in [0.2, 0.25) is 5.02 Å². The number of fused-ring (bicyclic) bond motifs is 1. The number of anilines is 2. The molecule has 0 aliphatic carbocycles. The van der Waals surface area contributed by atoms with E-state index in [2.05, 4.69) is 31.0 Å². The summed E-state index contributed by atoms with van der Waals surface area (Å²) < 4.78 is 1.84. The normalized spacial score (nSPS) is 17.4. The van der Waals surface area contributed by atoms with E-state index < -0.39 is 0 Å². The van der Waals surface area contributed by atoms with Crippen molar-refractivity contribution in [3.8, 4) is 6.57 Å². The second-order valence-corrected chi connectivity index (χ2v) is 8.99. The molecule has 8 nitrogen and oxygen atoms in total. The highest BCUT2D eigenvalue weighted by Gasteiger charge is 2.32. The van der Waals surface area contributed by atoms with Crippen molar-refractivity contribution in [2.24, 2.45) is 0 Å². The van der Waals surface area contributed by atoms with E-state index in [1.807, 2.05) is 21.7 Å². The van der Waals surface area contributed by atoms with Crippen LogP contribution >= 0.6 is 24.2 Å². The maximum absolute atomic E-state index is 13.4. The van der Waals surface area contributed by atoms with E-state index in [-0.39, 0.29) is 11.9 Å². The quantitative estimate of drug-likeness (QED) is 0.380. The number of piperidine rings is 1. The van der Waals surface area contributed by atoms with Gasteiger partial charge in [0.2, 0.25) is 0 Å². The minimum Gasteiger partial charge on any atom is -0.398 e. The molecule has 5 rings (SSSR count). The number of benzene rings is 1. The third-order valence-corrected chi connectivity index (χ3v) is 6.62. The Labute approximate surface area is 217 Å². The largest absolute Gasteiger partial charge is 0.398 e. The van der Waals surface area contributed by atoms with Crippen LogP contribution < -0.4 is 10.6 Å². The molecular formula is C25H32ClN7OS. The number of nitrogens with zero attached hydrogens (tertiary/aromatic N) is 6. The van der Waals surface area contributed by atoms with Gasteiger partial charge in [0.15, 0.2) is 5.65 Å². The lowest BCUT2D eigenvalue weighted by atomic mass is 9.98. The second kappa shape index (κ2) is 12.1. The summed E-state index contributed by atoms with van der Waals surface area (Å²) in [6, 6.07) is 6.97. The van der Waals surface area contributed by atoms with Crippen LogP contribution in [0.1, 0.15) is 59.8 Å². The van der Waals surface area contributed by atoms with Crippen molar-refractivity contribution in [3.05, 3.63) is 52.3 Å². The van der Waals surface area contributed by atoms with E-state index in [4.69, 9.17) is 32.7 Å². The van der Waals surface area contributed by atoms with Gasteiger partial charge in [0, 0.05) is 54.7 Å². The predicted molar refractivity (Wildman–Crippen MR) is 144 cm³/mol. The molecule has 2 saturated heterocycles. The fraction of sp³-hybridized carbons (Fsp3) is 0.440. The summed E-state index contributed by atoms with van der Waals surface area (Å²) in [6.07, 6.45) is 9.05. The van der Waals surface area contributed by atoms with Crippen molar-refractivity contribution >= 4 is 47.3 Å². The number of nitrogen functional groups attached to an aromatic ring is 1. The number of thiol groups is 1. The second-order valence-electron chi connectivity index (χ2n) is 8.56. The van der Waals surface area contributed by atoms with Gasteiger partial charge in [0.25, 0.3) is 5.91 Å². The molecule has 2 fully saturated rings. The van der Waals surface area contributed by atoms with E-state index >= 15 is 0 Å². The fourth-order valence-corrected chi connectivity index (χ4v) is 4.95. The summed E-state index contributed by atoms with van der Waals surface area (Å²) in [5, 5.41) is 11.8. The number of carbonyl (C=O) groups is 1. The number of nitriles is 1. The first kappa shape index (κ1) is 26.6. The van der Waals surface area contributed by atoms with Crippen LogP contribution in [0.25, 0.3) is 5.65 Å².